The molecule has 0 saturated heterocycles. The first-order valence-electron chi connectivity index (χ1n) is 7.21. The second-order valence-electron chi connectivity index (χ2n) is 7.23. The first-order valence-corrected chi connectivity index (χ1v) is 7.21. The molecule has 0 atom stereocenters. The van der Waals surface area contributed by atoms with Gasteiger partial charge in [-0.25, -0.2) is 0 Å². The van der Waals surface area contributed by atoms with Gasteiger partial charge >= 0.3 is 0 Å². The Balaban J connectivity index is 3.43. The summed E-state index contributed by atoms with van der Waals surface area (Å²) in [6, 6.07) is 4.13. The molecule has 0 heterocycles. The molecule has 1 aromatic carbocycles. The van der Waals surface area contributed by atoms with Crippen molar-refractivity contribution in [3.05, 3.63) is 28.8 Å². The number of hydrazone groups is 1. The lowest BCUT2D eigenvalue weighted by Crippen LogP contribution is -2.17. The summed E-state index contributed by atoms with van der Waals surface area (Å²) in [6.45, 7) is 15.6. The Hall–Kier alpha value is -1.51. The Morgan fingerprint density at radius 2 is 1.70 bits per heavy atom. The van der Waals surface area contributed by atoms with Crippen molar-refractivity contribution < 1.29 is 5.11 Å². The first kappa shape index (κ1) is 16.5. The molecule has 0 saturated carbocycles. The molecule has 0 aliphatic heterocycles. The minimum atomic E-state index is -0.105. The summed E-state index contributed by atoms with van der Waals surface area (Å²) in [5.74, 6) is 0.326. The number of aromatic hydroxyl groups is 1. The Morgan fingerprint density at radius 1 is 1.10 bits per heavy atom. The van der Waals surface area contributed by atoms with Gasteiger partial charge in [-0.2, -0.15) is 5.10 Å². The smallest absolute Gasteiger partial charge is 0.128 e. The molecule has 3 heteroatoms. The van der Waals surface area contributed by atoms with Crippen LogP contribution in [-0.4, -0.2) is 17.9 Å². The molecule has 0 amide bonds. The Labute approximate surface area is 123 Å². The molecule has 112 valence electrons. The predicted octanol–water partition coefficient (Wildman–Crippen LogP) is 3.93. The number of hydrogen-bond acceptors (Lipinski definition) is 3. The van der Waals surface area contributed by atoms with Crippen LogP contribution in [0.5, 0.6) is 5.75 Å². The van der Waals surface area contributed by atoms with E-state index in [2.05, 4.69) is 58.1 Å². The molecular formula is C17H28N2O. The average molecular weight is 276 g/mol. The topological polar surface area (TPSA) is 44.6 Å². The predicted molar refractivity (Wildman–Crippen MR) is 86.8 cm³/mol. The van der Waals surface area contributed by atoms with Gasteiger partial charge in [-0.15, -0.1) is 0 Å². The summed E-state index contributed by atoms with van der Waals surface area (Å²) in [7, 11) is 0. The maximum atomic E-state index is 10.5. The summed E-state index contributed by atoms with van der Waals surface area (Å²) in [5, 5.41) is 14.6. The largest absolute Gasteiger partial charge is 0.507 e. The molecule has 0 bridgehead atoms. The summed E-state index contributed by atoms with van der Waals surface area (Å²) in [4.78, 5) is 0. The molecule has 0 fully saturated rings. The number of benzene rings is 1. The zero-order valence-corrected chi connectivity index (χ0v) is 13.8. The molecule has 0 aliphatic carbocycles. The highest BCUT2D eigenvalue weighted by molar-refractivity contribution is 5.84. The summed E-state index contributed by atoms with van der Waals surface area (Å²) in [5.41, 5.74) is 5.76. The monoisotopic (exact) mass is 276 g/mol. The van der Waals surface area contributed by atoms with Crippen molar-refractivity contribution in [2.24, 2.45) is 5.10 Å². The van der Waals surface area contributed by atoms with E-state index < -0.39 is 0 Å². The van der Waals surface area contributed by atoms with Crippen LogP contribution >= 0.6 is 0 Å². The number of phenols is 1. The molecule has 0 spiro atoms. The van der Waals surface area contributed by atoms with E-state index in [1.165, 1.54) is 5.56 Å². The number of phenolic OH excluding ortho intramolecular Hbond substituents is 1. The van der Waals surface area contributed by atoms with Crippen LogP contribution in [0.25, 0.3) is 0 Å². The van der Waals surface area contributed by atoms with Crippen LogP contribution in [0.4, 0.5) is 0 Å². The highest BCUT2D eigenvalue weighted by Crippen LogP contribution is 2.36. The third-order valence-corrected chi connectivity index (χ3v) is 3.27. The van der Waals surface area contributed by atoms with E-state index >= 15 is 0 Å². The van der Waals surface area contributed by atoms with Crippen LogP contribution in [0.2, 0.25) is 0 Å². The van der Waals surface area contributed by atoms with Crippen molar-refractivity contribution in [2.75, 3.05) is 6.54 Å². The van der Waals surface area contributed by atoms with Gasteiger partial charge in [0.2, 0.25) is 0 Å². The minimum Gasteiger partial charge on any atom is -0.507 e. The zero-order chi connectivity index (χ0) is 15.6. The second-order valence-corrected chi connectivity index (χ2v) is 7.23. The van der Waals surface area contributed by atoms with Crippen LogP contribution in [0, 0.1) is 0 Å². The molecular weight excluding hydrogens is 248 g/mol. The maximum absolute atomic E-state index is 10.5. The minimum absolute atomic E-state index is 0.0362. The van der Waals surface area contributed by atoms with Crippen LogP contribution in [0.15, 0.2) is 17.2 Å². The molecule has 0 radical (unpaired) electrons. The normalized spacial score (nSPS) is 12.9. The highest BCUT2D eigenvalue weighted by atomic mass is 16.3. The van der Waals surface area contributed by atoms with Crippen molar-refractivity contribution in [2.45, 2.75) is 59.3 Å². The fraction of sp³-hybridized carbons (Fsp3) is 0.588. The van der Waals surface area contributed by atoms with E-state index in [-0.39, 0.29) is 10.8 Å². The molecule has 1 rings (SSSR count). The van der Waals surface area contributed by atoms with Crippen molar-refractivity contribution in [1.82, 2.24) is 5.43 Å². The number of nitrogens with zero attached hydrogens (tertiary/aromatic N) is 1. The molecule has 0 unspecified atom stereocenters. The molecule has 20 heavy (non-hydrogen) atoms. The van der Waals surface area contributed by atoms with E-state index in [1.807, 2.05) is 13.0 Å². The zero-order valence-electron chi connectivity index (χ0n) is 13.8. The van der Waals surface area contributed by atoms with Crippen molar-refractivity contribution in [3.8, 4) is 5.75 Å². The van der Waals surface area contributed by atoms with Gasteiger partial charge in [-0.05, 0) is 29.4 Å². The van der Waals surface area contributed by atoms with Gasteiger partial charge in [0.15, 0.2) is 0 Å². The third-order valence-electron chi connectivity index (χ3n) is 3.27. The van der Waals surface area contributed by atoms with Crippen LogP contribution in [0.3, 0.4) is 0 Å². The van der Waals surface area contributed by atoms with Crippen molar-refractivity contribution >= 4 is 6.21 Å². The fourth-order valence-electron chi connectivity index (χ4n) is 1.97. The molecule has 2 N–H and O–H groups in total. The standard InChI is InChI=1S/C17H28N2O/c1-8-18-19-11-12-9-13(16(2,3)4)10-14(15(12)20)17(5,6)7/h9-11,18,20H,8H2,1-7H3/b19-11+. The summed E-state index contributed by atoms with van der Waals surface area (Å²) < 4.78 is 0. The van der Waals surface area contributed by atoms with E-state index in [9.17, 15) is 5.11 Å². The van der Waals surface area contributed by atoms with Gasteiger partial charge in [0.05, 0.1) is 6.21 Å². The van der Waals surface area contributed by atoms with Gasteiger partial charge in [0.1, 0.15) is 5.75 Å². The molecule has 0 aromatic heterocycles. The lowest BCUT2D eigenvalue weighted by Gasteiger charge is -2.26. The third kappa shape index (κ3) is 3.99. The summed E-state index contributed by atoms with van der Waals surface area (Å²) in [6.07, 6.45) is 1.70. The SMILES string of the molecule is CCN/N=C/c1cc(C(C)(C)C)cc(C(C)(C)C)c1O. The van der Waals surface area contributed by atoms with E-state index in [1.54, 1.807) is 6.21 Å². The highest BCUT2D eigenvalue weighted by Gasteiger charge is 2.24. The first-order chi connectivity index (χ1) is 9.07. The molecule has 1 aromatic rings. The second kappa shape index (κ2) is 5.86. The Morgan fingerprint density at radius 3 is 2.15 bits per heavy atom. The lowest BCUT2D eigenvalue weighted by molar-refractivity contribution is 0.444. The maximum Gasteiger partial charge on any atom is 0.128 e. The van der Waals surface area contributed by atoms with Gasteiger partial charge in [0, 0.05) is 17.7 Å². The van der Waals surface area contributed by atoms with E-state index in [0.717, 1.165) is 17.7 Å². The van der Waals surface area contributed by atoms with E-state index in [0.29, 0.717) is 5.75 Å². The number of hydrogen-bond donors (Lipinski definition) is 2. The number of nitrogens with one attached hydrogen (secondary N) is 1. The number of rotatable bonds is 3. The van der Waals surface area contributed by atoms with Crippen LogP contribution in [-0.2, 0) is 10.8 Å². The Bertz CT molecular complexity index is 491. The molecule has 3 nitrogen and oxygen atoms in total. The molecule has 0 aliphatic rings. The van der Waals surface area contributed by atoms with Gasteiger partial charge in [-0.3, -0.25) is 0 Å². The van der Waals surface area contributed by atoms with Gasteiger partial charge < -0.3 is 10.5 Å². The van der Waals surface area contributed by atoms with Gasteiger partial charge in [-0.1, -0.05) is 47.6 Å². The summed E-state index contributed by atoms with van der Waals surface area (Å²) >= 11 is 0. The quantitative estimate of drug-likeness (QED) is 0.649. The van der Waals surface area contributed by atoms with Crippen molar-refractivity contribution in [3.63, 3.8) is 0 Å². The fourth-order valence-corrected chi connectivity index (χ4v) is 1.97. The van der Waals surface area contributed by atoms with E-state index in [4.69, 9.17) is 0 Å². The average Bonchev–Trinajstić information content (AvgIpc) is 2.28. The lowest BCUT2D eigenvalue weighted by atomic mass is 9.79. The van der Waals surface area contributed by atoms with Crippen LogP contribution in [0.1, 0.15) is 65.2 Å². The Kier molecular flexibility index (Phi) is 4.85. The van der Waals surface area contributed by atoms with Crippen molar-refractivity contribution in [1.29, 1.82) is 0 Å². The van der Waals surface area contributed by atoms with Gasteiger partial charge in [0.25, 0.3) is 0 Å². The van der Waals surface area contributed by atoms with Crippen LogP contribution < -0.4 is 5.43 Å².